The van der Waals surface area contributed by atoms with Crippen molar-refractivity contribution < 1.29 is 14.4 Å². The molecule has 120 valence electrons. The highest BCUT2D eigenvalue weighted by molar-refractivity contribution is 5.97. The van der Waals surface area contributed by atoms with E-state index < -0.39 is 0 Å². The van der Waals surface area contributed by atoms with E-state index in [1.165, 1.54) is 0 Å². The van der Waals surface area contributed by atoms with Crippen LogP contribution in [0.1, 0.15) is 6.42 Å². The first-order valence-corrected chi connectivity index (χ1v) is 7.67. The van der Waals surface area contributed by atoms with Crippen LogP contribution in [0.5, 0.6) is 0 Å². The van der Waals surface area contributed by atoms with Gasteiger partial charge in [0.15, 0.2) is 0 Å². The van der Waals surface area contributed by atoms with Crippen LogP contribution in [0, 0.1) is 10.1 Å². The topological polar surface area (TPSA) is 77.7 Å². The maximum absolute atomic E-state index is 11.2. The van der Waals surface area contributed by atoms with Gasteiger partial charge in [0.1, 0.15) is 11.1 Å². The van der Waals surface area contributed by atoms with E-state index in [2.05, 4.69) is 9.88 Å². The number of rotatable bonds is 2. The Hall–Kier alpha value is -2.25. The number of aromatic nitrogens is 1. The molecular formula is C16H17N3O4. The number of morpholine rings is 1. The predicted molar refractivity (Wildman–Crippen MR) is 84.7 cm³/mol. The van der Waals surface area contributed by atoms with E-state index in [9.17, 15) is 10.1 Å². The SMILES string of the molecule is O=[N+]([O-])c1ccc(N2CCOC3(CCOC3)C2)c2ncccc12. The molecule has 4 rings (SSSR count). The first-order valence-electron chi connectivity index (χ1n) is 7.67. The molecule has 2 saturated heterocycles. The highest BCUT2D eigenvalue weighted by Crippen LogP contribution is 2.35. The number of hydrogen-bond acceptors (Lipinski definition) is 6. The second kappa shape index (κ2) is 5.43. The summed E-state index contributed by atoms with van der Waals surface area (Å²) >= 11 is 0. The van der Waals surface area contributed by atoms with Crippen molar-refractivity contribution >= 4 is 22.3 Å². The zero-order valence-corrected chi connectivity index (χ0v) is 12.6. The van der Waals surface area contributed by atoms with E-state index in [-0.39, 0.29) is 16.2 Å². The van der Waals surface area contributed by atoms with E-state index >= 15 is 0 Å². The third-order valence-corrected chi connectivity index (χ3v) is 4.58. The molecule has 2 fully saturated rings. The third-order valence-electron chi connectivity index (χ3n) is 4.58. The number of nitro benzene ring substituents is 1. The summed E-state index contributed by atoms with van der Waals surface area (Å²) in [5.74, 6) is 0. The summed E-state index contributed by atoms with van der Waals surface area (Å²) in [5, 5.41) is 11.8. The molecule has 0 bridgehead atoms. The zero-order chi connectivity index (χ0) is 15.9. The number of nitro groups is 1. The van der Waals surface area contributed by atoms with Crippen molar-refractivity contribution in [2.24, 2.45) is 0 Å². The van der Waals surface area contributed by atoms with Crippen molar-refractivity contribution in [1.82, 2.24) is 4.98 Å². The Balaban J connectivity index is 1.77. The molecule has 0 aliphatic carbocycles. The second-order valence-corrected chi connectivity index (χ2v) is 6.02. The van der Waals surface area contributed by atoms with Crippen LogP contribution in [0.15, 0.2) is 30.5 Å². The molecule has 0 N–H and O–H groups in total. The first-order chi connectivity index (χ1) is 11.2. The van der Waals surface area contributed by atoms with Crippen LogP contribution in [0.25, 0.3) is 10.9 Å². The third kappa shape index (κ3) is 2.42. The average Bonchev–Trinajstić information content (AvgIpc) is 3.01. The highest BCUT2D eigenvalue weighted by atomic mass is 16.6. The fourth-order valence-corrected chi connectivity index (χ4v) is 3.43. The van der Waals surface area contributed by atoms with E-state index in [1.54, 1.807) is 30.5 Å². The fourth-order valence-electron chi connectivity index (χ4n) is 3.43. The van der Waals surface area contributed by atoms with Crippen molar-refractivity contribution in [2.45, 2.75) is 12.0 Å². The van der Waals surface area contributed by atoms with Crippen molar-refractivity contribution in [3.05, 3.63) is 40.6 Å². The first kappa shape index (κ1) is 14.3. The Morgan fingerprint density at radius 2 is 2.22 bits per heavy atom. The molecule has 2 aromatic rings. The number of fused-ring (bicyclic) bond motifs is 1. The van der Waals surface area contributed by atoms with Gasteiger partial charge >= 0.3 is 0 Å². The lowest BCUT2D eigenvalue weighted by Crippen LogP contribution is -2.52. The molecule has 1 atom stereocenters. The van der Waals surface area contributed by atoms with E-state index in [0.29, 0.717) is 30.7 Å². The standard InChI is InChI=1S/C16H17N3O4/c20-19(21)13-3-4-14(15-12(13)2-1-6-17-15)18-7-9-23-16(10-18)5-8-22-11-16/h1-4,6H,5,7-11H2. The highest BCUT2D eigenvalue weighted by Gasteiger charge is 2.41. The van der Waals surface area contributed by atoms with Crippen LogP contribution < -0.4 is 4.90 Å². The fraction of sp³-hybridized carbons (Fsp3) is 0.438. The van der Waals surface area contributed by atoms with Crippen LogP contribution in [-0.4, -0.2) is 48.4 Å². The number of pyridine rings is 1. The Bertz CT molecular complexity index is 758. The molecule has 0 saturated carbocycles. The molecular weight excluding hydrogens is 298 g/mol. The summed E-state index contributed by atoms with van der Waals surface area (Å²) in [6.45, 7) is 3.39. The summed E-state index contributed by atoms with van der Waals surface area (Å²) in [6, 6.07) is 6.83. The summed E-state index contributed by atoms with van der Waals surface area (Å²) in [5.41, 5.74) is 1.41. The second-order valence-electron chi connectivity index (χ2n) is 6.02. The summed E-state index contributed by atoms with van der Waals surface area (Å²) in [7, 11) is 0. The lowest BCUT2D eigenvalue weighted by molar-refractivity contribution is -0.383. The molecule has 0 amide bonds. The van der Waals surface area contributed by atoms with Crippen molar-refractivity contribution in [2.75, 3.05) is 37.8 Å². The van der Waals surface area contributed by atoms with Gasteiger partial charge in [-0.2, -0.15) is 0 Å². The number of hydrogen-bond donors (Lipinski definition) is 0. The minimum absolute atomic E-state index is 0.0871. The van der Waals surface area contributed by atoms with Gasteiger partial charge in [-0.3, -0.25) is 15.1 Å². The van der Waals surface area contributed by atoms with Gasteiger partial charge in [-0.1, -0.05) is 0 Å². The Morgan fingerprint density at radius 3 is 3.00 bits per heavy atom. The molecule has 7 nitrogen and oxygen atoms in total. The minimum atomic E-state index is -0.362. The quantitative estimate of drug-likeness (QED) is 0.624. The van der Waals surface area contributed by atoms with Gasteiger partial charge in [0.2, 0.25) is 0 Å². The predicted octanol–water partition coefficient (Wildman–Crippen LogP) is 2.14. The molecule has 23 heavy (non-hydrogen) atoms. The van der Waals surface area contributed by atoms with Gasteiger partial charge < -0.3 is 14.4 Å². The number of nitrogens with zero attached hydrogens (tertiary/aromatic N) is 3. The maximum atomic E-state index is 11.2. The van der Waals surface area contributed by atoms with Crippen LogP contribution >= 0.6 is 0 Å². The molecule has 7 heteroatoms. The normalized spacial score (nSPS) is 24.4. The summed E-state index contributed by atoms with van der Waals surface area (Å²) in [4.78, 5) is 17.5. The van der Waals surface area contributed by atoms with Crippen LogP contribution in [0.2, 0.25) is 0 Å². The largest absolute Gasteiger partial charge is 0.378 e. The van der Waals surface area contributed by atoms with Crippen LogP contribution in [0.3, 0.4) is 0 Å². The molecule has 1 unspecified atom stereocenters. The van der Waals surface area contributed by atoms with E-state index in [4.69, 9.17) is 9.47 Å². The minimum Gasteiger partial charge on any atom is -0.378 e. The molecule has 2 aliphatic rings. The number of benzene rings is 1. The number of non-ortho nitro benzene ring substituents is 1. The summed E-state index contributed by atoms with van der Waals surface area (Å²) in [6.07, 6.45) is 2.55. The Kier molecular flexibility index (Phi) is 3.39. The van der Waals surface area contributed by atoms with Crippen molar-refractivity contribution in [1.29, 1.82) is 0 Å². The summed E-state index contributed by atoms with van der Waals surface area (Å²) < 4.78 is 11.5. The smallest absolute Gasteiger partial charge is 0.278 e. The Morgan fingerprint density at radius 1 is 1.30 bits per heavy atom. The lowest BCUT2D eigenvalue weighted by Gasteiger charge is -2.40. The molecule has 1 spiro atoms. The maximum Gasteiger partial charge on any atom is 0.278 e. The molecule has 3 heterocycles. The van der Waals surface area contributed by atoms with Crippen LogP contribution in [-0.2, 0) is 9.47 Å². The van der Waals surface area contributed by atoms with Gasteiger partial charge in [-0.25, -0.2) is 0 Å². The Labute approximate surface area is 133 Å². The van der Waals surface area contributed by atoms with E-state index in [1.807, 2.05) is 0 Å². The van der Waals surface area contributed by atoms with Crippen molar-refractivity contribution in [3.63, 3.8) is 0 Å². The van der Waals surface area contributed by atoms with Gasteiger partial charge in [-0.05, 0) is 18.2 Å². The van der Waals surface area contributed by atoms with E-state index in [0.717, 1.165) is 25.2 Å². The van der Waals surface area contributed by atoms with Gasteiger partial charge in [0.05, 0.1) is 29.2 Å². The van der Waals surface area contributed by atoms with Crippen molar-refractivity contribution in [3.8, 4) is 0 Å². The van der Waals surface area contributed by atoms with Crippen LogP contribution in [0.4, 0.5) is 11.4 Å². The van der Waals surface area contributed by atoms with Gasteiger partial charge in [0.25, 0.3) is 5.69 Å². The molecule has 2 aliphatic heterocycles. The average molecular weight is 315 g/mol. The molecule has 1 aromatic carbocycles. The monoisotopic (exact) mass is 315 g/mol. The zero-order valence-electron chi connectivity index (χ0n) is 12.6. The van der Waals surface area contributed by atoms with Gasteiger partial charge in [-0.15, -0.1) is 0 Å². The lowest BCUT2D eigenvalue weighted by atomic mass is 10.00. The van der Waals surface area contributed by atoms with Gasteiger partial charge in [0, 0.05) is 38.4 Å². The molecule has 0 radical (unpaired) electrons. The molecule has 1 aromatic heterocycles. The number of anilines is 1. The number of ether oxygens (including phenoxy) is 2.